The van der Waals surface area contributed by atoms with E-state index in [0.29, 0.717) is 11.3 Å². The lowest BCUT2D eigenvalue weighted by atomic mass is 9.44. The summed E-state index contributed by atoms with van der Waals surface area (Å²) in [5, 5.41) is 22.2. The molecule has 9 unspecified atom stereocenters. The standard InChI is InChI=1S/C38H54N2O8/c1-24(2)7-6-8-25(3)32-11-12-33-31-10-9-27-21-30(15-17-37(27,4)34(31)16-18-38(32,33)5)48-36(42)14-13-35(41)47-23-26-19-28(39(43)44)22-29(20-26)40(45)46/h13-14,19-20,22,24-25,27,30-34H,6-12,15-18,21,23H2,1-5H3/b14-13-. The largest absolute Gasteiger partial charge is 0.459 e. The molecule has 4 saturated carbocycles. The molecule has 0 aromatic heterocycles. The average Bonchev–Trinajstić information content (AvgIpc) is 3.40. The Kier molecular flexibility index (Phi) is 11.0. The zero-order valence-electron chi connectivity index (χ0n) is 29.4. The van der Waals surface area contributed by atoms with Crippen LogP contribution in [0.1, 0.15) is 117 Å². The number of rotatable bonds is 12. The number of nitro benzene ring substituents is 2. The number of carbonyl (C=O) groups is 2. The predicted molar refractivity (Wildman–Crippen MR) is 182 cm³/mol. The number of carbonyl (C=O) groups excluding carboxylic acids is 2. The zero-order chi connectivity index (χ0) is 34.8. The van der Waals surface area contributed by atoms with Gasteiger partial charge in [0.25, 0.3) is 11.4 Å². The highest BCUT2D eigenvalue weighted by atomic mass is 16.6. The summed E-state index contributed by atoms with van der Waals surface area (Å²) < 4.78 is 10.9. The first-order valence-electron chi connectivity index (χ1n) is 18.2. The number of ether oxygens (including phenoxy) is 2. The van der Waals surface area contributed by atoms with Gasteiger partial charge in [-0.1, -0.05) is 53.9 Å². The third-order valence-corrected chi connectivity index (χ3v) is 13.2. The maximum absolute atomic E-state index is 12.7. The number of hydrogen-bond donors (Lipinski definition) is 0. The van der Waals surface area contributed by atoms with Crippen molar-refractivity contribution in [1.29, 1.82) is 0 Å². The van der Waals surface area contributed by atoms with E-state index < -0.39 is 39.8 Å². The number of esters is 2. The molecule has 10 nitrogen and oxygen atoms in total. The highest BCUT2D eigenvalue weighted by Crippen LogP contribution is 2.68. The SMILES string of the molecule is CC(C)CCCC(C)C1CCC2C3CCC4CC(OC(=O)/C=C\C(=O)OCc5cc([N+](=O)[O-])cc([N+](=O)[O-])c5)CCC4(C)C3CCC12C. The zero-order valence-corrected chi connectivity index (χ0v) is 29.4. The van der Waals surface area contributed by atoms with Crippen molar-refractivity contribution in [2.24, 2.45) is 52.3 Å². The molecule has 10 heteroatoms. The third-order valence-electron chi connectivity index (χ3n) is 13.2. The minimum absolute atomic E-state index is 0.0993. The molecule has 5 rings (SSSR count). The van der Waals surface area contributed by atoms with Crippen molar-refractivity contribution in [3.05, 3.63) is 56.1 Å². The summed E-state index contributed by atoms with van der Waals surface area (Å²) in [7, 11) is 0. The molecular formula is C38H54N2O8. The first kappa shape index (κ1) is 36.0. The van der Waals surface area contributed by atoms with E-state index in [2.05, 4.69) is 34.6 Å². The molecule has 0 N–H and O–H groups in total. The smallest absolute Gasteiger partial charge is 0.331 e. The molecule has 4 aliphatic carbocycles. The lowest BCUT2D eigenvalue weighted by molar-refractivity contribution is -0.394. The molecule has 48 heavy (non-hydrogen) atoms. The summed E-state index contributed by atoms with van der Waals surface area (Å²) in [5.41, 5.74) is -0.104. The lowest BCUT2D eigenvalue weighted by Crippen LogP contribution is -2.54. The van der Waals surface area contributed by atoms with E-state index in [4.69, 9.17) is 9.47 Å². The van der Waals surface area contributed by atoms with Crippen LogP contribution in [0.5, 0.6) is 0 Å². The summed E-state index contributed by atoms with van der Waals surface area (Å²) in [6.07, 6.45) is 16.5. The van der Waals surface area contributed by atoms with Crippen LogP contribution in [0.25, 0.3) is 0 Å². The van der Waals surface area contributed by atoms with Gasteiger partial charge < -0.3 is 9.47 Å². The van der Waals surface area contributed by atoms with Crippen molar-refractivity contribution in [2.75, 3.05) is 0 Å². The van der Waals surface area contributed by atoms with Gasteiger partial charge in [0.2, 0.25) is 0 Å². The van der Waals surface area contributed by atoms with Crippen molar-refractivity contribution < 1.29 is 28.9 Å². The maximum atomic E-state index is 12.7. The first-order chi connectivity index (χ1) is 22.7. The Morgan fingerprint density at radius 1 is 0.854 bits per heavy atom. The summed E-state index contributed by atoms with van der Waals surface area (Å²) in [6, 6.07) is 3.05. The van der Waals surface area contributed by atoms with Gasteiger partial charge in [0.1, 0.15) is 12.7 Å². The second-order valence-electron chi connectivity index (χ2n) is 16.3. The van der Waals surface area contributed by atoms with Gasteiger partial charge in [-0.15, -0.1) is 0 Å². The minimum atomic E-state index is -0.848. The van der Waals surface area contributed by atoms with E-state index in [9.17, 15) is 29.8 Å². The summed E-state index contributed by atoms with van der Waals surface area (Å²) in [6.45, 7) is 11.9. The molecule has 9 atom stereocenters. The van der Waals surface area contributed by atoms with Crippen LogP contribution in [-0.4, -0.2) is 27.9 Å². The maximum Gasteiger partial charge on any atom is 0.331 e. The van der Waals surface area contributed by atoms with E-state index in [0.717, 1.165) is 85.1 Å². The van der Waals surface area contributed by atoms with Crippen LogP contribution >= 0.6 is 0 Å². The Bertz CT molecular complexity index is 1380. The Balaban J connectivity index is 1.12. The summed E-state index contributed by atoms with van der Waals surface area (Å²) >= 11 is 0. The van der Waals surface area contributed by atoms with Crippen molar-refractivity contribution in [2.45, 2.75) is 124 Å². The summed E-state index contributed by atoms with van der Waals surface area (Å²) in [5.74, 6) is 3.89. The lowest BCUT2D eigenvalue weighted by Gasteiger charge is -2.61. The Morgan fingerprint density at radius 3 is 2.17 bits per heavy atom. The number of nitrogens with zero attached hydrogens (tertiary/aromatic N) is 2. The van der Waals surface area contributed by atoms with Crippen molar-refractivity contribution in [1.82, 2.24) is 0 Å². The quantitative estimate of drug-likeness (QED) is 0.0931. The fourth-order valence-corrected chi connectivity index (χ4v) is 10.8. The van der Waals surface area contributed by atoms with Crippen LogP contribution in [0.15, 0.2) is 30.4 Å². The molecule has 0 radical (unpaired) electrons. The van der Waals surface area contributed by atoms with Crippen molar-refractivity contribution >= 4 is 23.3 Å². The van der Waals surface area contributed by atoms with Crippen molar-refractivity contribution in [3.63, 3.8) is 0 Å². The topological polar surface area (TPSA) is 139 Å². The number of hydrogen-bond acceptors (Lipinski definition) is 8. The van der Waals surface area contributed by atoms with E-state index in [1.165, 1.54) is 57.8 Å². The van der Waals surface area contributed by atoms with E-state index >= 15 is 0 Å². The Morgan fingerprint density at radius 2 is 1.50 bits per heavy atom. The van der Waals surface area contributed by atoms with Crippen LogP contribution in [0.3, 0.4) is 0 Å². The van der Waals surface area contributed by atoms with Crippen LogP contribution in [-0.2, 0) is 25.7 Å². The van der Waals surface area contributed by atoms with Gasteiger partial charge in [-0.05, 0) is 110 Å². The number of fused-ring (bicyclic) bond motifs is 5. The Labute approximate surface area is 284 Å². The summed E-state index contributed by atoms with van der Waals surface area (Å²) in [4.78, 5) is 45.6. The molecule has 264 valence electrons. The van der Waals surface area contributed by atoms with Gasteiger partial charge in [0.05, 0.1) is 15.9 Å². The molecule has 0 bridgehead atoms. The molecule has 0 spiro atoms. The molecule has 1 aromatic rings. The second-order valence-corrected chi connectivity index (χ2v) is 16.3. The van der Waals surface area contributed by atoms with Gasteiger partial charge in [-0.3, -0.25) is 20.2 Å². The molecule has 0 aliphatic heterocycles. The molecular weight excluding hydrogens is 612 g/mol. The highest BCUT2D eigenvalue weighted by Gasteiger charge is 2.60. The van der Waals surface area contributed by atoms with Gasteiger partial charge in [-0.2, -0.15) is 0 Å². The van der Waals surface area contributed by atoms with Crippen LogP contribution in [0, 0.1) is 72.5 Å². The molecule has 0 amide bonds. The monoisotopic (exact) mass is 666 g/mol. The second kappa shape index (κ2) is 14.7. The molecule has 4 aliphatic rings. The number of benzene rings is 1. The van der Waals surface area contributed by atoms with Crippen molar-refractivity contribution in [3.8, 4) is 0 Å². The first-order valence-corrected chi connectivity index (χ1v) is 18.2. The van der Waals surface area contributed by atoms with Gasteiger partial charge in [0.15, 0.2) is 0 Å². The normalized spacial score (nSPS) is 33.4. The van der Waals surface area contributed by atoms with Crippen LogP contribution < -0.4 is 0 Å². The van der Waals surface area contributed by atoms with Gasteiger partial charge in [-0.25, -0.2) is 9.59 Å². The third kappa shape index (κ3) is 7.62. The predicted octanol–water partition coefficient (Wildman–Crippen LogP) is 9.14. The average molecular weight is 667 g/mol. The number of non-ortho nitro benzene ring substituents is 2. The Hall–Kier alpha value is -3.30. The van der Waals surface area contributed by atoms with Crippen LogP contribution in [0.2, 0.25) is 0 Å². The van der Waals surface area contributed by atoms with Gasteiger partial charge in [0, 0.05) is 29.8 Å². The molecule has 0 saturated heterocycles. The highest BCUT2D eigenvalue weighted by molar-refractivity contribution is 5.91. The molecule has 4 fully saturated rings. The van der Waals surface area contributed by atoms with Gasteiger partial charge >= 0.3 is 11.9 Å². The minimum Gasteiger partial charge on any atom is -0.459 e. The van der Waals surface area contributed by atoms with Crippen LogP contribution in [0.4, 0.5) is 11.4 Å². The van der Waals surface area contributed by atoms with E-state index in [1.807, 2.05) is 0 Å². The van der Waals surface area contributed by atoms with E-state index in [-0.39, 0.29) is 17.1 Å². The fourth-order valence-electron chi connectivity index (χ4n) is 10.8. The fraction of sp³-hybridized carbons (Fsp3) is 0.737. The molecule has 1 aromatic carbocycles. The number of nitro groups is 2. The molecule has 0 heterocycles. The van der Waals surface area contributed by atoms with E-state index in [1.54, 1.807) is 0 Å².